The lowest BCUT2D eigenvalue weighted by Crippen LogP contribution is -2.40. The van der Waals surface area contributed by atoms with Crippen LogP contribution in [0.2, 0.25) is 0 Å². The molecule has 21 heavy (non-hydrogen) atoms. The lowest BCUT2D eigenvalue weighted by Gasteiger charge is -2.13. The Labute approximate surface area is 125 Å². The number of thioether (sulfide) groups is 1. The van der Waals surface area contributed by atoms with Crippen molar-refractivity contribution in [3.05, 3.63) is 29.8 Å². The van der Waals surface area contributed by atoms with Crippen LogP contribution in [0.4, 0.5) is 8.78 Å². The lowest BCUT2D eigenvalue weighted by atomic mass is 10.1. The number of rotatable bonds is 8. The third kappa shape index (κ3) is 6.12. The molecule has 0 aliphatic heterocycles. The summed E-state index contributed by atoms with van der Waals surface area (Å²) in [5.74, 6) is -2.92. The molecule has 1 atom stereocenters. The van der Waals surface area contributed by atoms with E-state index in [-0.39, 0.29) is 12.3 Å². The highest BCUT2D eigenvalue weighted by atomic mass is 32.2. The topological polar surface area (TPSA) is 66.4 Å². The van der Waals surface area contributed by atoms with Crippen molar-refractivity contribution in [3.8, 4) is 0 Å². The Morgan fingerprint density at radius 2 is 2.05 bits per heavy atom. The number of carbonyl (C=O) groups is 2. The molecule has 0 aromatic heterocycles. The Hall–Kier alpha value is -1.63. The van der Waals surface area contributed by atoms with E-state index in [9.17, 15) is 18.4 Å². The third-order valence-electron chi connectivity index (χ3n) is 2.70. The van der Waals surface area contributed by atoms with E-state index in [1.165, 1.54) is 17.8 Å². The molecule has 0 spiro atoms. The Morgan fingerprint density at radius 1 is 1.33 bits per heavy atom. The normalized spacial score (nSPS) is 12.0. The van der Waals surface area contributed by atoms with Gasteiger partial charge >= 0.3 is 5.97 Å². The maximum absolute atomic E-state index is 13.0. The number of benzene rings is 1. The molecule has 7 heteroatoms. The van der Waals surface area contributed by atoms with Crippen molar-refractivity contribution in [2.24, 2.45) is 0 Å². The number of carboxylic acid groups (broad SMARTS) is 1. The van der Waals surface area contributed by atoms with Gasteiger partial charge < -0.3 is 10.4 Å². The van der Waals surface area contributed by atoms with Gasteiger partial charge in [0, 0.05) is 17.1 Å². The summed E-state index contributed by atoms with van der Waals surface area (Å²) >= 11 is 1.21. The fourth-order valence-corrected chi connectivity index (χ4v) is 2.52. The first-order valence-electron chi connectivity index (χ1n) is 6.54. The van der Waals surface area contributed by atoms with E-state index in [2.05, 4.69) is 5.32 Å². The quantitative estimate of drug-likeness (QED) is 0.724. The second kappa shape index (κ2) is 8.61. The van der Waals surface area contributed by atoms with Crippen LogP contribution in [0.15, 0.2) is 23.1 Å². The molecule has 4 nitrogen and oxygen atoms in total. The molecule has 0 aliphatic rings. The highest BCUT2D eigenvalue weighted by molar-refractivity contribution is 7.99. The molecule has 0 aliphatic carbocycles. The molecule has 2 N–H and O–H groups in total. The van der Waals surface area contributed by atoms with E-state index in [0.717, 1.165) is 12.1 Å². The minimum Gasteiger partial charge on any atom is -0.480 e. The Bertz CT molecular complexity index is 511. The van der Waals surface area contributed by atoms with E-state index >= 15 is 0 Å². The van der Waals surface area contributed by atoms with E-state index in [1.807, 2.05) is 6.92 Å². The van der Waals surface area contributed by atoms with Gasteiger partial charge in [-0.1, -0.05) is 13.3 Å². The number of hydrogen-bond donors (Lipinski definition) is 2. The van der Waals surface area contributed by atoms with Gasteiger partial charge in [-0.2, -0.15) is 0 Å². The minimum atomic E-state index is -1.06. The van der Waals surface area contributed by atoms with Crippen molar-refractivity contribution in [2.75, 3.05) is 5.75 Å². The number of halogens is 2. The molecule has 0 saturated heterocycles. The van der Waals surface area contributed by atoms with Crippen LogP contribution < -0.4 is 5.32 Å². The summed E-state index contributed by atoms with van der Waals surface area (Å²) in [5.41, 5.74) is 0. The standard InChI is InChI=1S/C14H17F2NO3S/c1-2-3-12(14(19)20)17-13(18)6-7-21-9-4-5-10(15)11(16)8-9/h4-5,8,12H,2-3,6-7H2,1H3,(H,17,18)(H,19,20)/t12-/m1/s1. The Balaban J connectivity index is 2.39. The monoisotopic (exact) mass is 317 g/mol. The summed E-state index contributed by atoms with van der Waals surface area (Å²) in [6, 6.07) is 2.64. The van der Waals surface area contributed by atoms with Gasteiger partial charge in [0.2, 0.25) is 5.91 Å². The smallest absolute Gasteiger partial charge is 0.326 e. The van der Waals surface area contributed by atoms with Crippen LogP contribution >= 0.6 is 11.8 Å². The zero-order valence-corrected chi connectivity index (χ0v) is 12.4. The van der Waals surface area contributed by atoms with Crippen LogP contribution in [0.3, 0.4) is 0 Å². The van der Waals surface area contributed by atoms with Gasteiger partial charge in [0.25, 0.3) is 0 Å². The molecule has 1 rings (SSSR count). The first-order valence-corrected chi connectivity index (χ1v) is 7.52. The number of amides is 1. The molecule has 1 aromatic carbocycles. The van der Waals surface area contributed by atoms with Gasteiger partial charge in [-0.05, 0) is 24.6 Å². The number of aliphatic carboxylic acids is 1. The second-order valence-electron chi connectivity index (χ2n) is 4.42. The molecule has 0 unspecified atom stereocenters. The predicted molar refractivity (Wildman–Crippen MR) is 76.2 cm³/mol. The summed E-state index contributed by atoms with van der Waals surface area (Å²) in [5, 5.41) is 11.4. The van der Waals surface area contributed by atoms with Crippen molar-refractivity contribution >= 4 is 23.6 Å². The Kier molecular flexibility index (Phi) is 7.14. The molecule has 0 bridgehead atoms. The van der Waals surface area contributed by atoms with Gasteiger partial charge in [-0.3, -0.25) is 4.79 Å². The molecular weight excluding hydrogens is 300 g/mol. The highest BCUT2D eigenvalue weighted by Gasteiger charge is 2.18. The van der Waals surface area contributed by atoms with Crippen LogP contribution in [-0.2, 0) is 9.59 Å². The molecule has 1 aromatic rings. The van der Waals surface area contributed by atoms with E-state index in [1.54, 1.807) is 0 Å². The third-order valence-corrected chi connectivity index (χ3v) is 3.70. The van der Waals surface area contributed by atoms with Crippen LogP contribution in [0.1, 0.15) is 26.2 Å². The van der Waals surface area contributed by atoms with Crippen LogP contribution in [-0.4, -0.2) is 28.8 Å². The summed E-state index contributed by atoms with van der Waals surface area (Å²) < 4.78 is 25.7. The van der Waals surface area contributed by atoms with E-state index in [0.29, 0.717) is 23.5 Å². The average molecular weight is 317 g/mol. The number of nitrogens with one attached hydrogen (secondary N) is 1. The molecule has 0 heterocycles. The zero-order chi connectivity index (χ0) is 15.8. The number of hydrogen-bond acceptors (Lipinski definition) is 3. The van der Waals surface area contributed by atoms with Crippen molar-refractivity contribution in [1.29, 1.82) is 0 Å². The van der Waals surface area contributed by atoms with E-state index in [4.69, 9.17) is 5.11 Å². The largest absolute Gasteiger partial charge is 0.480 e. The molecule has 0 fully saturated rings. The maximum atomic E-state index is 13.0. The van der Waals surface area contributed by atoms with Crippen LogP contribution in [0, 0.1) is 11.6 Å². The number of carbonyl (C=O) groups excluding carboxylic acids is 1. The van der Waals surface area contributed by atoms with Gasteiger partial charge in [-0.15, -0.1) is 11.8 Å². The van der Waals surface area contributed by atoms with Gasteiger partial charge in [0.1, 0.15) is 6.04 Å². The first kappa shape index (κ1) is 17.4. The van der Waals surface area contributed by atoms with Crippen LogP contribution in [0.25, 0.3) is 0 Å². The molecule has 0 saturated carbocycles. The molecule has 116 valence electrons. The minimum absolute atomic E-state index is 0.108. The molecular formula is C14H17F2NO3S. The summed E-state index contributed by atoms with van der Waals surface area (Å²) in [6.07, 6.45) is 1.13. The van der Waals surface area contributed by atoms with Crippen molar-refractivity contribution in [2.45, 2.75) is 37.1 Å². The summed E-state index contributed by atoms with van der Waals surface area (Å²) in [4.78, 5) is 23.0. The first-order chi connectivity index (χ1) is 9.93. The highest BCUT2D eigenvalue weighted by Crippen LogP contribution is 2.21. The maximum Gasteiger partial charge on any atom is 0.326 e. The molecule has 1 amide bonds. The summed E-state index contributed by atoms with van der Waals surface area (Å²) in [7, 11) is 0. The summed E-state index contributed by atoms with van der Waals surface area (Å²) in [6.45, 7) is 1.83. The van der Waals surface area contributed by atoms with Gasteiger partial charge in [-0.25, -0.2) is 13.6 Å². The number of carboxylic acids is 1. The van der Waals surface area contributed by atoms with Gasteiger partial charge in [0.15, 0.2) is 11.6 Å². The lowest BCUT2D eigenvalue weighted by molar-refractivity contribution is -0.142. The van der Waals surface area contributed by atoms with Crippen LogP contribution in [0.5, 0.6) is 0 Å². The SMILES string of the molecule is CCC[C@@H](NC(=O)CCSc1ccc(F)c(F)c1)C(=O)O. The second-order valence-corrected chi connectivity index (χ2v) is 5.59. The molecule has 0 radical (unpaired) electrons. The fourth-order valence-electron chi connectivity index (χ4n) is 1.64. The zero-order valence-electron chi connectivity index (χ0n) is 11.6. The van der Waals surface area contributed by atoms with Crippen molar-refractivity contribution in [3.63, 3.8) is 0 Å². The van der Waals surface area contributed by atoms with Crippen molar-refractivity contribution in [1.82, 2.24) is 5.32 Å². The van der Waals surface area contributed by atoms with E-state index < -0.39 is 23.6 Å². The average Bonchev–Trinajstić information content (AvgIpc) is 2.42. The van der Waals surface area contributed by atoms with Gasteiger partial charge in [0.05, 0.1) is 0 Å². The predicted octanol–water partition coefficient (Wildman–Crippen LogP) is 2.82. The van der Waals surface area contributed by atoms with Crippen molar-refractivity contribution < 1.29 is 23.5 Å². The Morgan fingerprint density at radius 3 is 2.62 bits per heavy atom. The fraction of sp³-hybridized carbons (Fsp3) is 0.429.